The van der Waals surface area contributed by atoms with Crippen LogP contribution in [-0.2, 0) is 13.6 Å². The van der Waals surface area contributed by atoms with Crippen molar-refractivity contribution in [1.82, 2.24) is 9.55 Å². The quantitative estimate of drug-likeness (QED) is 0.835. The second-order valence-corrected chi connectivity index (χ2v) is 4.65. The van der Waals surface area contributed by atoms with E-state index in [-0.39, 0.29) is 0 Å². The monoisotopic (exact) mass is 215 g/mol. The van der Waals surface area contributed by atoms with Crippen molar-refractivity contribution in [2.45, 2.75) is 31.7 Å². The summed E-state index contributed by atoms with van der Waals surface area (Å²) in [5.41, 5.74) is 9.20. The Morgan fingerprint density at radius 1 is 1.44 bits per heavy atom. The lowest BCUT2D eigenvalue weighted by atomic mass is 9.85. The Hall–Kier alpha value is -1.35. The zero-order valence-corrected chi connectivity index (χ0v) is 9.61. The average Bonchev–Trinajstić information content (AvgIpc) is 2.55. The summed E-state index contributed by atoms with van der Waals surface area (Å²) in [4.78, 5) is 4.79. The molecule has 0 amide bonds. The number of imidazole rings is 1. The molecule has 0 radical (unpaired) electrons. The molecular weight excluding hydrogens is 198 g/mol. The summed E-state index contributed by atoms with van der Waals surface area (Å²) in [5, 5.41) is 0. The van der Waals surface area contributed by atoms with Gasteiger partial charge in [0.05, 0.1) is 11.0 Å². The van der Waals surface area contributed by atoms with Gasteiger partial charge in [-0.25, -0.2) is 4.98 Å². The number of aromatic nitrogens is 2. The van der Waals surface area contributed by atoms with Gasteiger partial charge in [0.15, 0.2) is 0 Å². The fourth-order valence-corrected chi connectivity index (χ4v) is 2.49. The first-order valence-corrected chi connectivity index (χ1v) is 5.95. The molecule has 84 valence electrons. The Bertz CT molecular complexity index is 523. The zero-order chi connectivity index (χ0) is 11.1. The van der Waals surface area contributed by atoms with E-state index in [9.17, 15) is 0 Å². The lowest BCUT2D eigenvalue weighted by Crippen LogP contribution is -2.13. The maximum atomic E-state index is 5.75. The summed E-state index contributed by atoms with van der Waals surface area (Å²) >= 11 is 0. The van der Waals surface area contributed by atoms with Crippen LogP contribution in [0.15, 0.2) is 18.2 Å². The number of hydrogen-bond acceptors (Lipinski definition) is 2. The number of nitrogens with two attached hydrogens (primary N) is 1. The molecule has 1 aromatic carbocycles. The highest BCUT2D eigenvalue weighted by molar-refractivity contribution is 5.79. The van der Waals surface area contributed by atoms with Crippen molar-refractivity contribution < 1.29 is 0 Å². The molecule has 1 aromatic heterocycles. The Kier molecular flexibility index (Phi) is 2.21. The van der Waals surface area contributed by atoms with Crippen LogP contribution in [0.5, 0.6) is 0 Å². The smallest absolute Gasteiger partial charge is 0.112 e. The van der Waals surface area contributed by atoms with Crippen molar-refractivity contribution in [3.8, 4) is 0 Å². The van der Waals surface area contributed by atoms with Gasteiger partial charge in [0.2, 0.25) is 0 Å². The number of rotatable bonds is 2. The van der Waals surface area contributed by atoms with Crippen LogP contribution in [0.25, 0.3) is 11.0 Å². The molecule has 3 rings (SSSR count). The molecule has 1 fully saturated rings. The molecule has 0 spiro atoms. The average molecular weight is 215 g/mol. The van der Waals surface area contributed by atoms with Gasteiger partial charge in [-0.05, 0) is 24.5 Å². The molecule has 1 heterocycles. The summed E-state index contributed by atoms with van der Waals surface area (Å²) in [6.07, 6.45) is 3.92. The molecule has 0 atom stereocenters. The van der Waals surface area contributed by atoms with E-state index in [1.807, 2.05) is 0 Å². The minimum atomic E-state index is 0.568. The van der Waals surface area contributed by atoms with Crippen LogP contribution in [0.3, 0.4) is 0 Å². The highest BCUT2D eigenvalue weighted by atomic mass is 15.1. The number of hydrogen-bond donors (Lipinski definition) is 1. The van der Waals surface area contributed by atoms with Gasteiger partial charge in [-0.1, -0.05) is 18.6 Å². The molecule has 1 aliphatic carbocycles. The molecule has 2 aromatic rings. The zero-order valence-electron chi connectivity index (χ0n) is 9.61. The number of benzene rings is 1. The van der Waals surface area contributed by atoms with Crippen LogP contribution in [0.1, 0.15) is 36.6 Å². The molecule has 1 aliphatic rings. The highest BCUT2D eigenvalue weighted by Gasteiger charge is 2.24. The summed E-state index contributed by atoms with van der Waals surface area (Å²) < 4.78 is 2.23. The molecule has 0 aliphatic heterocycles. The first-order valence-electron chi connectivity index (χ1n) is 5.95. The third kappa shape index (κ3) is 1.28. The van der Waals surface area contributed by atoms with E-state index in [0.29, 0.717) is 12.5 Å². The summed E-state index contributed by atoms with van der Waals surface area (Å²) in [5.74, 6) is 1.91. The fraction of sp³-hybridized carbons (Fsp3) is 0.462. The van der Waals surface area contributed by atoms with Crippen molar-refractivity contribution in [2.75, 3.05) is 0 Å². The van der Waals surface area contributed by atoms with Crippen molar-refractivity contribution in [3.05, 3.63) is 29.6 Å². The largest absolute Gasteiger partial charge is 0.331 e. The van der Waals surface area contributed by atoms with Crippen LogP contribution in [-0.4, -0.2) is 9.55 Å². The number of aryl methyl sites for hydroxylation is 1. The van der Waals surface area contributed by atoms with Gasteiger partial charge in [-0.3, -0.25) is 0 Å². The molecular formula is C13H17N3. The minimum Gasteiger partial charge on any atom is -0.331 e. The van der Waals surface area contributed by atoms with Gasteiger partial charge >= 0.3 is 0 Å². The number of nitrogens with zero attached hydrogens (tertiary/aromatic N) is 2. The molecule has 0 saturated heterocycles. The van der Waals surface area contributed by atoms with Gasteiger partial charge in [0.1, 0.15) is 5.82 Å². The Morgan fingerprint density at radius 3 is 2.88 bits per heavy atom. The Morgan fingerprint density at radius 2 is 2.25 bits per heavy atom. The van der Waals surface area contributed by atoms with Crippen LogP contribution >= 0.6 is 0 Å². The van der Waals surface area contributed by atoms with Crippen LogP contribution in [0, 0.1) is 0 Å². The Balaban J connectivity index is 2.20. The first kappa shape index (κ1) is 9.85. The molecule has 1 saturated carbocycles. The summed E-state index contributed by atoms with van der Waals surface area (Å²) in [6.45, 7) is 0.568. The lowest BCUT2D eigenvalue weighted by molar-refractivity contribution is 0.394. The van der Waals surface area contributed by atoms with Crippen molar-refractivity contribution >= 4 is 11.0 Å². The van der Waals surface area contributed by atoms with E-state index in [4.69, 9.17) is 10.7 Å². The number of para-hydroxylation sites is 1. The van der Waals surface area contributed by atoms with Crippen molar-refractivity contribution in [2.24, 2.45) is 12.8 Å². The molecule has 3 heteroatoms. The van der Waals surface area contributed by atoms with Gasteiger partial charge in [-0.15, -0.1) is 0 Å². The van der Waals surface area contributed by atoms with E-state index < -0.39 is 0 Å². The summed E-state index contributed by atoms with van der Waals surface area (Å²) in [7, 11) is 2.11. The maximum Gasteiger partial charge on any atom is 0.112 e. The standard InChI is InChI=1S/C13H17N3/c1-16-11-7-3-6-10(8-14)12(11)15-13(16)9-4-2-5-9/h3,6-7,9H,2,4-5,8,14H2,1H3. The van der Waals surface area contributed by atoms with Crippen molar-refractivity contribution in [1.29, 1.82) is 0 Å². The fourth-order valence-electron chi connectivity index (χ4n) is 2.49. The topological polar surface area (TPSA) is 43.8 Å². The predicted octanol–water partition coefficient (Wildman–Crippen LogP) is 2.30. The second kappa shape index (κ2) is 3.59. The Labute approximate surface area is 95.3 Å². The summed E-state index contributed by atoms with van der Waals surface area (Å²) in [6, 6.07) is 6.26. The minimum absolute atomic E-state index is 0.568. The first-order chi connectivity index (χ1) is 7.81. The third-order valence-electron chi connectivity index (χ3n) is 3.72. The lowest BCUT2D eigenvalue weighted by Gasteiger charge is -2.24. The normalized spacial score (nSPS) is 16.6. The van der Waals surface area contributed by atoms with Gasteiger partial charge < -0.3 is 10.3 Å². The molecule has 3 nitrogen and oxygen atoms in total. The maximum absolute atomic E-state index is 5.75. The van der Waals surface area contributed by atoms with Gasteiger partial charge in [0, 0.05) is 19.5 Å². The second-order valence-electron chi connectivity index (χ2n) is 4.65. The van der Waals surface area contributed by atoms with E-state index in [1.165, 1.54) is 30.6 Å². The van der Waals surface area contributed by atoms with Gasteiger partial charge in [0.25, 0.3) is 0 Å². The van der Waals surface area contributed by atoms with Crippen LogP contribution in [0.4, 0.5) is 0 Å². The number of fused-ring (bicyclic) bond motifs is 1. The van der Waals surface area contributed by atoms with E-state index >= 15 is 0 Å². The molecule has 0 unspecified atom stereocenters. The van der Waals surface area contributed by atoms with E-state index in [0.717, 1.165) is 11.1 Å². The molecule has 16 heavy (non-hydrogen) atoms. The van der Waals surface area contributed by atoms with Crippen molar-refractivity contribution in [3.63, 3.8) is 0 Å². The van der Waals surface area contributed by atoms with E-state index in [2.05, 4.69) is 29.8 Å². The van der Waals surface area contributed by atoms with Crippen LogP contribution < -0.4 is 5.73 Å². The highest BCUT2D eigenvalue weighted by Crippen LogP contribution is 2.37. The van der Waals surface area contributed by atoms with Crippen LogP contribution in [0.2, 0.25) is 0 Å². The third-order valence-corrected chi connectivity index (χ3v) is 3.72. The SMILES string of the molecule is Cn1c(C2CCC2)nc2c(CN)cccc21. The predicted molar refractivity (Wildman–Crippen MR) is 65.2 cm³/mol. The van der Waals surface area contributed by atoms with E-state index in [1.54, 1.807) is 0 Å². The van der Waals surface area contributed by atoms with Gasteiger partial charge in [-0.2, -0.15) is 0 Å². The molecule has 2 N–H and O–H groups in total. The molecule has 0 bridgehead atoms.